The van der Waals surface area contributed by atoms with Gasteiger partial charge in [-0.05, 0) is 45.2 Å². The first-order valence-corrected chi connectivity index (χ1v) is 9.47. The summed E-state index contributed by atoms with van der Waals surface area (Å²) in [5.74, 6) is 0.567. The Labute approximate surface area is 148 Å². The van der Waals surface area contributed by atoms with Crippen molar-refractivity contribution in [2.24, 2.45) is 0 Å². The molecule has 0 radical (unpaired) electrons. The molecule has 0 spiro atoms. The Morgan fingerprint density at radius 1 is 1.40 bits per heavy atom. The zero-order valence-corrected chi connectivity index (χ0v) is 15.0. The second-order valence-electron chi connectivity index (χ2n) is 7.31. The first kappa shape index (κ1) is 16.5. The van der Waals surface area contributed by atoms with Crippen LogP contribution in [0.15, 0.2) is 10.6 Å². The van der Waals surface area contributed by atoms with Crippen molar-refractivity contribution < 1.29 is 9.32 Å². The van der Waals surface area contributed by atoms with Crippen LogP contribution in [-0.4, -0.2) is 47.1 Å². The largest absolute Gasteiger partial charge is 0.337 e. The van der Waals surface area contributed by atoms with Crippen LogP contribution in [0.3, 0.4) is 0 Å². The van der Waals surface area contributed by atoms with Crippen molar-refractivity contribution in [3.63, 3.8) is 0 Å². The predicted molar refractivity (Wildman–Crippen MR) is 95.8 cm³/mol. The van der Waals surface area contributed by atoms with Gasteiger partial charge in [0.1, 0.15) is 0 Å². The molecule has 1 amide bonds. The third-order valence-electron chi connectivity index (χ3n) is 5.37. The van der Waals surface area contributed by atoms with E-state index in [1.54, 1.807) is 0 Å². The molecule has 1 saturated heterocycles. The molecule has 1 aliphatic heterocycles. The van der Waals surface area contributed by atoms with E-state index >= 15 is 0 Å². The summed E-state index contributed by atoms with van der Waals surface area (Å²) in [4.78, 5) is 19.9. The highest BCUT2D eigenvalue weighted by Gasteiger charge is 2.31. The Morgan fingerprint density at radius 2 is 2.24 bits per heavy atom. The van der Waals surface area contributed by atoms with Gasteiger partial charge in [-0.1, -0.05) is 18.5 Å². The van der Waals surface area contributed by atoms with Crippen LogP contribution < -0.4 is 5.32 Å². The number of likely N-dealkylation sites (N-methyl/N-ethyl adjacent to an activating group) is 1. The molecule has 0 aromatic carbocycles. The van der Waals surface area contributed by atoms with Gasteiger partial charge >= 0.3 is 0 Å². The Hall–Kier alpha value is -1.95. The van der Waals surface area contributed by atoms with E-state index in [-0.39, 0.29) is 5.91 Å². The Kier molecular flexibility index (Phi) is 4.46. The summed E-state index contributed by atoms with van der Waals surface area (Å²) >= 11 is 0. The van der Waals surface area contributed by atoms with E-state index in [1.807, 2.05) is 18.0 Å². The molecule has 1 unspecified atom stereocenters. The molecule has 1 saturated carbocycles. The number of pyridine rings is 1. The molecule has 1 atom stereocenters. The molecule has 6 heteroatoms. The van der Waals surface area contributed by atoms with E-state index in [4.69, 9.17) is 4.52 Å². The number of carbonyl (C=O) groups excluding carboxylic acids is 1. The smallest absolute Gasteiger partial charge is 0.259 e. The molecule has 3 heterocycles. The minimum Gasteiger partial charge on any atom is -0.337 e. The lowest BCUT2D eigenvalue weighted by Gasteiger charge is -2.32. The summed E-state index contributed by atoms with van der Waals surface area (Å²) in [5, 5.41) is 8.33. The van der Waals surface area contributed by atoms with Gasteiger partial charge in [0.2, 0.25) is 0 Å². The van der Waals surface area contributed by atoms with Crippen molar-refractivity contribution in [2.45, 2.75) is 57.4 Å². The molecular formula is C19H26N4O2. The van der Waals surface area contributed by atoms with E-state index in [0.717, 1.165) is 74.0 Å². The standard InChI is InChI=1S/C19H26N4O2/c1-3-5-15-17-14(19(24)23-9-4-6-13(11-23)20-2)10-16(12-7-8-12)21-18(17)25-22-15/h10,12-13,20H,3-9,11H2,1-2H3. The molecule has 4 rings (SSSR count). The van der Waals surface area contributed by atoms with Crippen LogP contribution in [0, 0.1) is 0 Å². The van der Waals surface area contributed by atoms with Crippen molar-refractivity contribution >= 4 is 17.0 Å². The van der Waals surface area contributed by atoms with Crippen molar-refractivity contribution in [1.29, 1.82) is 0 Å². The van der Waals surface area contributed by atoms with Crippen LogP contribution in [-0.2, 0) is 6.42 Å². The maximum absolute atomic E-state index is 13.3. The average molecular weight is 342 g/mol. The lowest BCUT2D eigenvalue weighted by Crippen LogP contribution is -2.47. The Bertz CT molecular complexity index is 781. The second-order valence-corrected chi connectivity index (χ2v) is 7.31. The number of rotatable bonds is 5. The highest BCUT2D eigenvalue weighted by atomic mass is 16.5. The molecule has 2 aliphatic rings. The number of aryl methyl sites for hydroxylation is 1. The lowest BCUT2D eigenvalue weighted by molar-refractivity contribution is 0.0700. The number of hydrogen-bond donors (Lipinski definition) is 1. The molecule has 25 heavy (non-hydrogen) atoms. The first-order valence-electron chi connectivity index (χ1n) is 9.47. The number of aromatic nitrogens is 2. The summed E-state index contributed by atoms with van der Waals surface area (Å²) in [6, 6.07) is 2.37. The zero-order chi connectivity index (χ0) is 17.4. The fraction of sp³-hybridized carbons (Fsp3) is 0.632. The fourth-order valence-corrected chi connectivity index (χ4v) is 3.76. The van der Waals surface area contributed by atoms with Gasteiger partial charge in [-0.2, -0.15) is 0 Å². The van der Waals surface area contributed by atoms with Crippen LogP contribution in [0.4, 0.5) is 0 Å². The average Bonchev–Trinajstić information content (AvgIpc) is 3.43. The van der Waals surface area contributed by atoms with E-state index < -0.39 is 0 Å². The molecular weight excluding hydrogens is 316 g/mol. The minimum atomic E-state index is 0.0924. The van der Waals surface area contributed by atoms with E-state index in [9.17, 15) is 4.79 Å². The molecule has 134 valence electrons. The third-order valence-corrected chi connectivity index (χ3v) is 5.37. The van der Waals surface area contributed by atoms with Crippen molar-refractivity contribution in [1.82, 2.24) is 20.4 Å². The van der Waals surface area contributed by atoms with Crippen LogP contribution in [0.25, 0.3) is 11.1 Å². The summed E-state index contributed by atoms with van der Waals surface area (Å²) in [6.07, 6.45) is 6.21. The minimum absolute atomic E-state index is 0.0924. The van der Waals surface area contributed by atoms with Crippen LogP contribution in [0.1, 0.15) is 66.7 Å². The van der Waals surface area contributed by atoms with Crippen LogP contribution in [0.5, 0.6) is 0 Å². The van der Waals surface area contributed by atoms with Gasteiger partial charge in [0.15, 0.2) is 0 Å². The number of likely N-dealkylation sites (tertiary alicyclic amines) is 1. The van der Waals surface area contributed by atoms with Gasteiger partial charge in [0.05, 0.1) is 16.6 Å². The topological polar surface area (TPSA) is 71.3 Å². The zero-order valence-electron chi connectivity index (χ0n) is 15.0. The van der Waals surface area contributed by atoms with Gasteiger partial charge in [-0.3, -0.25) is 4.79 Å². The van der Waals surface area contributed by atoms with Crippen molar-refractivity contribution in [3.05, 3.63) is 23.0 Å². The van der Waals surface area contributed by atoms with Crippen molar-refractivity contribution in [3.8, 4) is 0 Å². The van der Waals surface area contributed by atoms with Gasteiger partial charge in [0, 0.05) is 30.7 Å². The molecule has 2 aromatic rings. The number of hydrogen-bond acceptors (Lipinski definition) is 5. The van der Waals surface area contributed by atoms with Crippen molar-refractivity contribution in [2.75, 3.05) is 20.1 Å². The van der Waals surface area contributed by atoms with Crippen LogP contribution in [0.2, 0.25) is 0 Å². The van der Waals surface area contributed by atoms with Gasteiger partial charge in [0.25, 0.3) is 11.6 Å². The number of piperidine rings is 1. The second kappa shape index (κ2) is 6.75. The maximum atomic E-state index is 13.3. The number of nitrogens with zero attached hydrogens (tertiary/aromatic N) is 3. The molecule has 0 bridgehead atoms. The quantitative estimate of drug-likeness (QED) is 0.905. The Balaban J connectivity index is 1.75. The fourth-order valence-electron chi connectivity index (χ4n) is 3.76. The third kappa shape index (κ3) is 3.15. The highest BCUT2D eigenvalue weighted by Crippen LogP contribution is 2.40. The normalized spacial score (nSPS) is 21.0. The van der Waals surface area contributed by atoms with Crippen LogP contribution >= 0.6 is 0 Å². The number of amides is 1. The highest BCUT2D eigenvalue weighted by molar-refractivity contribution is 6.06. The molecule has 1 aliphatic carbocycles. The monoisotopic (exact) mass is 342 g/mol. The molecule has 1 N–H and O–H groups in total. The summed E-state index contributed by atoms with van der Waals surface area (Å²) in [5.41, 5.74) is 3.10. The van der Waals surface area contributed by atoms with Gasteiger partial charge in [-0.25, -0.2) is 4.98 Å². The van der Waals surface area contributed by atoms with E-state index in [1.165, 1.54) is 0 Å². The van der Waals surface area contributed by atoms with E-state index in [0.29, 0.717) is 17.7 Å². The van der Waals surface area contributed by atoms with E-state index in [2.05, 4.69) is 22.4 Å². The number of carbonyl (C=O) groups is 1. The number of nitrogens with one attached hydrogen (secondary N) is 1. The van der Waals surface area contributed by atoms with Gasteiger partial charge in [-0.15, -0.1) is 0 Å². The molecule has 2 fully saturated rings. The summed E-state index contributed by atoms with van der Waals surface area (Å²) < 4.78 is 5.50. The maximum Gasteiger partial charge on any atom is 0.259 e. The summed E-state index contributed by atoms with van der Waals surface area (Å²) in [7, 11) is 1.97. The molecule has 2 aromatic heterocycles. The molecule has 6 nitrogen and oxygen atoms in total. The van der Waals surface area contributed by atoms with Gasteiger partial charge < -0.3 is 14.7 Å². The predicted octanol–water partition coefficient (Wildman–Crippen LogP) is 2.88. The number of fused-ring (bicyclic) bond motifs is 1. The SMILES string of the molecule is CCCc1noc2nc(C3CC3)cc(C(=O)N3CCCC(NC)C3)c12. The lowest BCUT2D eigenvalue weighted by atomic mass is 10.0. The first-order chi connectivity index (χ1) is 12.2. The summed E-state index contributed by atoms with van der Waals surface area (Å²) in [6.45, 7) is 3.68. The Morgan fingerprint density at radius 3 is 2.96 bits per heavy atom.